The van der Waals surface area contributed by atoms with Gasteiger partial charge in [-0.05, 0) is 12.1 Å². The van der Waals surface area contributed by atoms with Crippen LogP contribution < -0.4 is 0 Å². The molecule has 0 radical (unpaired) electrons. The number of hydrogen-bond donors (Lipinski definition) is 2. The fraction of sp³-hybridized carbons (Fsp3) is 0.111. The predicted octanol–water partition coefficient (Wildman–Crippen LogP) is 2.57. The zero-order chi connectivity index (χ0) is 8.55. The van der Waals surface area contributed by atoms with E-state index >= 15 is 0 Å². The molecule has 2 nitrogen and oxygen atoms in total. The van der Waals surface area contributed by atoms with Crippen molar-refractivity contribution < 1.29 is 9.52 Å². The Balaban J connectivity index is 2.73. The molecule has 0 atom stereocenters. The van der Waals surface area contributed by atoms with Gasteiger partial charge in [0.15, 0.2) is 0 Å². The summed E-state index contributed by atoms with van der Waals surface area (Å²) in [7, 11) is 0. The fourth-order valence-electron chi connectivity index (χ4n) is 1.19. The van der Waals surface area contributed by atoms with E-state index in [2.05, 4.69) is 12.6 Å². The van der Waals surface area contributed by atoms with Crippen molar-refractivity contribution in [3.8, 4) is 5.75 Å². The quantitative estimate of drug-likeness (QED) is 0.661. The summed E-state index contributed by atoms with van der Waals surface area (Å²) in [6.45, 7) is 0. The summed E-state index contributed by atoms with van der Waals surface area (Å²) in [5.41, 5.74) is 1.76. The maximum absolute atomic E-state index is 9.13. The summed E-state index contributed by atoms with van der Waals surface area (Å²) in [5, 5.41) is 10.1. The SMILES string of the molecule is Oc1ccc2c(CS)coc2c1. The first kappa shape index (κ1) is 7.55. The van der Waals surface area contributed by atoms with Gasteiger partial charge in [0.25, 0.3) is 0 Å². The van der Waals surface area contributed by atoms with Gasteiger partial charge in [-0.2, -0.15) is 12.6 Å². The molecule has 3 heteroatoms. The highest BCUT2D eigenvalue weighted by Gasteiger charge is 2.03. The summed E-state index contributed by atoms with van der Waals surface area (Å²) in [6.07, 6.45) is 1.66. The average Bonchev–Trinajstić information content (AvgIpc) is 2.46. The molecule has 62 valence electrons. The molecular weight excluding hydrogens is 172 g/mol. The van der Waals surface area contributed by atoms with Crippen molar-refractivity contribution in [2.24, 2.45) is 0 Å². The van der Waals surface area contributed by atoms with E-state index in [0.29, 0.717) is 11.3 Å². The fourth-order valence-corrected chi connectivity index (χ4v) is 1.44. The second-order valence-electron chi connectivity index (χ2n) is 2.60. The van der Waals surface area contributed by atoms with Gasteiger partial charge in [0.1, 0.15) is 11.3 Å². The predicted molar refractivity (Wildman–Crippen MR) is 50.6 cm³/mol. The van der Waals surface area contributed by atoms with Crippen LogP contribution >= 0.6 is 12.6 Å². The topological polar surface area (TPSA) is 33.4 Å². The van der Waals surface area contributed by atoms with Crippen LogP contribution in [0.4, 0.5) is 0 Å². The lowest BCUT2D eigenvalue weighted by atomic mass is 10.2. The Labute approximate surface area is 75.2 Å². The summed E-state index contributed by atoms with van der Waals surface area (Å²) >= 11 is 4.16. The minimum Gasteiger partial charge on any atom is -0.508 e. The summed E-state index contributed by atoms with van der Waals surface area (Å²) in [4.78, 5) is 0. The highest BCUT2D eigenvalue weighted by Crippen LogP contribution is 2.25. The van der Waals surface area contributed by atoms with Crippen LogP contribution in [0.25, 0.3) is 11.0 Å². The third kappa shape index (κ3) is 1.06. The standard InChI is InChI=1S/C9H8O2S/c10-7-1-2-8-6(5-12)4-11-9(8)3-7/h1-4,10,12H,5H2. The van der Waals surface area contributed by atoms with Crippen molar-refractivity contribution in [3.05, 3.63) is 30.0 Å². The first-order valence-electron chi connectivity index (χ1n) is 3.61. The van der Waals surface area contributed by atoms with Crippen LogP contribution in [-0.4, -0.2) is 5.11 Å². The van der Waals surface area contributed by atoms with Crippen LogP contribution in [0.2, 0.25) is 0 Å². The van der Waals surface area contributed by atoms with Crippen LogP contribution in [0.1, 0.15) is 5.56 Å². The van der Waals surface area contributed by atoms with Crippen molar-refractivity contribution in [1.82, 2.24) is 0 Å². The summed E-state index contributed by atoms with van der Waals surface area (Å²) < 4.78 is 5.21. The van der Waals surface area contributed by atoms with Crippen LogP contribution in [0.15, 0.2) is 28.9 Å². The smallest absolute Gasteiger partial charge is 0.137 e. The molecule has 12 heavy (non-hydrogen) atoms. The van der Waals surface area contributed by atoms with Crippen LogP contribution in [0.3, 0.4) is 0 Å². The molecule has 1 N–H and O–H groups in total. The zero-order valence-electron chi connectivity index (χ0n) is 6.32. The van der Waals surface area contributed by atoms with E-state index in [0.717, 1.165) is 10.9 Å². The Kier molecular flexibility index (Phi) is 1.73. The maximum atomic E-state index is 9.13. The van der Waals surface area contributed by atoms with E-state index in [1.54, 1.807) is 18.4 Å². The van der Waals surface area contributed by atoms with Gasteiger partial charge in [0, 0.05) is 22.8 Å². The number of aromatic hydroxyl groups is 1. The van der Waals surface area contributed by atoms with Crippen molar-refractivity contribution in [2.75, 3.05) is 0 Å². The number of phenols is 1. The van der Waals surface area contributed by atoms with Gasteiger partial charge in [-0.15, -0.1) is 0 Å². The Morgan fingerprint density at radius 2 is 2.25 bits per heavy atom. The molecule has 0 spiro atoms. The summed E-state index contributed by atoms with van der Waals surface area (Å²) in [5.74, 6) is 0.875. The Bertz CT molecular complexity index is 406. The lowest BCUT2D eigenvalue weighted by Gasteiger charge is -1.91. The number of benzene rings is 1. The van der Waals surface area contributed by atoms with E-state index in [-0.39, 0.29) is 5.75 Å². The third-order valence-corrected chi connectivity index (χ3v) is 2.15. The van der Waals surface area contributed by atoms with E-state index in [4.69, 9.17) is 9.52 Å². The molecule has 0 fully saturated rings. The van der Waals surface area contributed by atoms with Gasteiger partial charge >= 0.3 is 0 Å². The molecule has 2 aromatic rings. The minimum atomic E-state index is 0.225. The van der Waals surface area contributed by atoms with Crippen molar-refractivity contribution in [3.63, 3.8) is 0 Å². The Morgan fingerprint density at radius 1 is 1.42 bits per heavy atom. The number of furan rings is 1. The number of fused-ring (bicyclic) bond motifs is 1. The second kappa shape index (κ2) is 2.75. The Hall–Kier alpha value is -1.09. The molecule has 2 rings (SSSR count). The minimum absolute atomic E-state index is 0.225. The van der Waals surface area contributed by atoms with E-state index < -0.39 is 0 Å². The van der Waals surface area contributed by atoms with E-state index in [1.807, 2.05) is 6.07 Å². The van der Waals surface area contributed by atoms with Crippen LogP contribution in [-0.2, 0) is 5.75 Å². The third-order valence-electron chi connectivity index (χ3n) is 1.81. The average molecular weight is 180 g/mol. The normalized spacial score (nSPS) is 10.8. The lowest BCUT2D eigenvalue weighted by molar-refractivity contribution is 0.474. The highest BCUT2D eigenvalue weighted by molar-refractivity contribution is 7.79. The molecule has 0 bridgehead atoms. The zero-order valence-corrected chi connectivity index (χ0v) is 7.21. The van der Waals surface area contributed by atoms with Gasteiger partial charge < -0.3 is 9.52 Å². The molecule has 0 saturated carbocycles. The molecule has 0 saturated heterocycles. The van der Waals surface area contributed by atoms with E-state index in [1.165, 1.54) is 0 Å². The first-order valence-corrected chi connectivity index (χ1v) is 4.24. The number of hydrogen-bond acceptors (Lipinski definition) is 3. The van der Waals surface area contributed by atoms with Crippen molar-refractivity contribution in [2.45, 2.75) is 5.75 Å². The molecule has 0 unspecified atom stereocenters. The van der Waals surface area contributed by atoms with Gasteiger partial charge in [0.05, 0.1) is 6.26 Å². The maximum Gasteiger partial charge on any atom is 0.137 e. The van der Waals surface area contributed by atoms with Gasteiger partial charge in [-0.1, -0.05) is 0 Å². The number of thiol groups is 1. The molecule has 0 amide bonds. The van der Waals surface area contributed by atoms with Crippen LogP contribution in [0.5, 0.6) is 5.75 Å². The molecule has 1 heterocycles. The number of phenolic OH excluding ortho intramolecular Hbond substituents is 1. The largest absolute Gasteiger partial charge is 0.508 e. The molecular formula is C9H8O2S. The van der Waals surface area contributed by atoms with Crippen molar-refractivity contribution in [1.29, 1.82) is 0 Å². The number of rotatable bonds is 1. The van der Waals surface area contributed by atoms with Gasteiger partial charge in [0.2, 0.25) is 0 Å². The molecule has 0 aliphatic heterocycles. The lowest BCUT2D eigenvalue weighted by Crippen LogP contribution is -1.71. The second-order valence-corrected chi connectivity index (χ2v) is 2.92. The summed E-state index contributed by atoms with van der Waals surface area (Å²) in [6, 6.07) is 5.08. The van der Waals surface area contributed by atoms with E-state index in [9.17, 15) is 0 Å². The highest BCUT2D eigenvalue weighted by atomic mass is 32.1. The molecule has 0 aliphatic rings. The van der Waals surface area contributed by atoms with Crippen molar-refractivity contribution >= 4 is 23.6 Å². The van der Waals surface area contributed by atoms with Gasteiger partial charge in [-0.3, -0.25) is 0 Å². The van der Waals surface area contributed by atoms with Gasteiger partial charge in [-0.25, -0.2) is 0 Å². The molecule has 1 aromatic carbocycles. The first-order chi connectivity index (χ1) is 5.81. The molecule has 0 aliphatic carbocycles. The van der Waals surface area contributed by atoms with Crippen LogP contribution in [0, 0.1) is 0 Å². The monoisotopic (exact) mass is 180 g/mol. The molecule has 1 aromatic heterocycles. The Morgan fingerprint density at radius 3 is 3.00 bits per heavy atom.